The maximum Gasteiger partial charge on any atom is 0.257 e. The van der Waals surface area contributed by atoms with E-state index in [4.69, 9.17) is 0 Å². The van der Waals surface area contributed by atoms with Gasteiger partial charge in [0.05, 0.1) is 24.3 Å². The normalized spacial score (nSPS) is 20.4. The zero-order valence-electron chi connectivity index (χ0n) is 14.2. The molecule has 1 unspecified atom stereocenters. The van der Waals surface area contributed by atoms with Gasteiger partial charge in [-0.25, -0.2) is 9.97 Å². The number of aromatic nitrogens is 4. The number of carbonyl (C=O) groups excluding carboxylic acids is 1. The second kappa shape index (κ2) is 6.20. The number of aryl methyl sites for hydroxylation is 2. The molecule has 3 heterocycles. The standard InChI is InChI=1S/C16H22N6O2/c1-12-13(9-21(3)19-12)14(23)20(2)10-16(24)5-8-22(11-16)15-17-6-4-7-18-15/h4,6-7,9,24H,5,8,10-11H2,1-3H3. The van der Waals surface area contributed by atoms with Crippen molar-refractivity contribution in [2.75, 3.05) is 31.6 Å². The van der Waals surface area contributed by atoms with Crippen molar-refractivity contribution in [1.82, 2.24) is 24.6 Å². The monoisotopic (exact) mass is 330 g/mol. The molecular formula is C16H22N6O2. The number of rotatable bonds is 4. The van der Waals surface area contributed by atoms with Crippen molar-refractivity contribution in [3.05, 3.63) is 35.9 Å². The third-order valence-electron chi connectivity index (χ3n) is 4.29. The maximum absolute atomic E-state index is 12.6. The topological polar surface area (TPSA) is 87.4 Å². The lowest BCUT2D eigenvalue weighted by molar-refractivity contribution is 0.0263. The number of β-amino-alcohol motifs (C(OH)–C–C–N with tert-alkyl or cyclic N) is 1. The Labute approximate surface area is 140 Å². The Balaban J connectivity index is 1.67. The second-order valence-electron chi connectivity index (χ2n) is 6.41. The minimum atomic E-state index is -0.972. The van der Waals surface area contributed by atoms with Crippen molar-refractivity contribution in [2.24, 2.45) is 7.05 Å². The Bertz CT molecular complexity index is 731. The summed E-state index contributed by atoms with van der Waals surface area (Å²) in [6.07, 6.45) is 5.63. The van der Waals surface area contributed by atoms with E-state index in [1.54, 1.807) is 55.3 Å². The van der Waals surface area contributed by atoms with Crippen LogP contribution < -0.4 is 4.90 Å². The van der Waals surface area contributed by atoms with E-state index in [1.165, 1.54) is 0 Å². The number of likely N-dealkylation sites (N-methyl/N-ethyl adjacent to an activating group) is 1. The number of carbonyl (C=O) groups is 1. The Kier molecular flexibility index (Phi) is 4.23. The van der Waals surface area contributed by atoms with E-state index in [0.717, 1.165) is 0 Å². The van der Waals surface area contributed by atoms with Gasteiger partial charge in [-0.05, 0) is 19.4 Å². The van der Waals surface area contributed by atoms with Crippen LogP contribution in [0.1, 0.15) is 22.5 Å². The lowest BCUT2D eigenvalue weighted by Gasteiger charge is -2.28. The van der Waals surface area contributed by atoms with Crippen LogP contribution in [0.5, 0.6) is 0 Å². The summed E-state index contributed by atoms with van der Waals surface area (Å²) in [5.41, 5.74) is 0.275. The molecule has 3 rings (SSSR count). The second-order valence-corrected chi connectivity index (χ2v) is 6.41. The lowest BCUT2D eigenvalue weighted by Crippen LogP contribution is -2.46. The van der Waals surface area contributed by atoms with E-state index in [9.17, 15) is 9.90 Å². The van der Waals surface area contributed by atoms with Crippen molar-refractivity contribution < 1.29 is 9.90 Å². The van der Waals surface area contributed by atoms with Crippen LogP contribution in [0.4, 0.5) is 5.95 Å². The van der Waals surface area contributed by atoms with E-state index in [2.05, 4.69) is 15.1 Å². The molecule has 0 aliphatic carbocycles. The molecule has 1 fully saturated rings. The molecule has 0 aromatic carbocycles. The summed E-state index contributed by atoms with van der Waals surface area (Å²) < 4.78 is 1.62. The predicted molar refractivity (Wildman–Crippen MR) is 88.7 cm³/mol. The Hall–Kier alpha value is -2.48. The summed E-state index contributed by atoms with van der Waals surface area (Å²) in [7, 11) is 3.49. The average Bonchev–Trinajstić information content (AvgIpc) is 3.10. The van der Waals surface area contributed by atoms with Crippen molar-refractivity contribution in [3.63, 3.8) is 0 Å². The highest BCUT2D eigenvalue weighted by Crippen LogP contribution is 2.25. The lowest BCUT2D eigenvalue weighted by atomic mass is 10.0. The maximum atomic E-state index is 12.6. The summed E-state index contributed by atoms with van der Waals surface area (Å²) in [6, 6.07) is 1.76. The first kappa shape index (κ1) is 16.4. The minimum absolute atomic E-state index is 0.136. The highest BCUT2D eigenvalue weighted by atomic mass is 16.3. The molecule has 8 heteroatoms. The molecular weight excluding hydrogens is 308 g/mol. The van der Waals surface area contributed by atoms with Crippen LogP contribution in [0.25, 0.3) is 0 Å². The van der Waals surface area contributed by atoms with Crippen LogP contribution in [-0.4, -0.2) is 67.9 Å². The van der Waals surface area contributed by atoms with Gasteiger partial charge in [-0.15, -0.1) is 0 Å². The summed E-state index contributed by atoms with van der Waals surface area (Å²) in [4.78, 5) is 24.5. The highest BCUT2D eigenvalue weighted by molar-refractivity contribution is 5.94. The third-order valence-corrected chi connectivity index (χ3v) is 4.29. The van der Waals surface area contributed by atoms with Gasteiger partial charge in [0.25, 0.3) is 5.91 Å². The molecule has 1 saturated heterocycles. The summed E-state index contributed by atoms with van der Waals surface area (Å²) in [6.45, 7) is 3.12. The number of anilines is 1. The largest absolute Gasteiger partial charge is 0.386 e. The van der Waals surface area contributed by atoms with Gasteiger partial charge in [0.2, 0.25) is 5.95 Å². The van der Waals surface area contributed by atoms with Crippen LogP contribution in [0.2, 0.25) is 0 Å². The predicted octanol–water partition coefficient (Wildman–Crippen LogP) is 0.232. The molecule has 128 valence electrons. The molecule has 1 atom stereocenters. The van der Waals surface area contributed by atoms with Crippen LogP contribution >= 0.6 is 0 Å². The fourth-order valence-corrected chi connectivity index (χ4v) is 3.14. The number of hydrogen-bond donors (Lipinski definition) is 1. The Morgan fingerprint density at radius 2 is 2.12 bits per heavy atom. The van der Waals surface area contributed by atoms with E-state index in [1.807, 2.05) is 4.90 Å². The Morgan fingerprint density at radius 3 is 2.75 bits per heavy atom. The van der Waals surface area contributed by atoms with Crippen molar-refractivity contribution in [3.8, 4) is 0 Å². The van der Waals surface area contributed by atoms with Gasteiger partial charge in [0.1, 0.15) is 5.60 Å². The van der Waals surface area contributed by atoms with Gasteiger partial charge in [-0.2, -0.15) is 5.10 Å². The van der Waals surface area contributed by atoms with E-state index >= 15 is 0 Å². The molecule has 1 aliphatic rings. The summed E-state index contributed by atoms with van der Waals surface area (Å²) in [5.74, 6) is 0.467. The fourth-order valence-electron chi connectivity index (χ4n) is 3.14. The molecule has 1 aliphatic heterocycles. The van der Waals surface area contributed by atoms with Crippen molar-refractivity contribution >= 4 is 11.9 Å². The molecule has 2 aromatic heterocycles. The van der Waals surface area contributed by atoms with Gasteiger partial charge < -0.3 is 14.9 Å². The zero-order valence-corrected chi connectivity index (χ0v) is 14.2. The first-order valence-corrected chi connectivity index (χ1v) is 7.88. The quantitative estimate of drug-likeness (QED) is 0.864. The molecule has 8 nitrogen and oxygen atoms in total. The molecule has 1 N–H and O–H groups in total. The molecule has 0 saturated carbocycles. The molecule has 0 radical (unpaired) electrons. The third kappa shape index (κ3) is 3.23. The average molecular weight is 330 g/mol. The van der Waals surface area contributed by atoms with E-state index < -0.39 is 5.60 Å². The van der Waals surface area contributed by atoms with Crippen molar-refractivity contribution in [1.29, 1.82) is 0 Å². The van der Waals surface area contributed by atoms with Crippen LogP contribution in [-0.2, 0) is 7.05 Å². The van der Waals surface area contributed by atoms with Crippen LogP contribution in [0.3, 0.4) is 0 Å². The van der Waals surface area contributed by atoms with E-state index in [0.29, 0.717) is 36.7 Å². The SMILES string of the molecule is Cc1nn(C)cc1C(=O)N(C)CC1(O)CCN(c2ncccn2)C1. The first-order chi connectivity index (χ1) is 11.4. The molecule has 1 amide bonds. The molecule has 24 heavy (non-hydrogen) atoms. The Morgan fingerprint density at radius 1 is 1.42 bits per heavy atom. The smallest absolute Gasteiger partial charge is 0.257 e. The zero-order chi connectivity index (χ0) is 17.3. The molecule has 0 bridgehead atoms. The van der Waals surface area contributed by atoms with Gasteiger partial charge in [0.15, 0.2) is 0 Å². The fraction of sp³-hybridized carbons (Fsp3) is 0.500. The van der Waals surface area contributed by atoms with E-state index in [-0.39, 0.29) is 12.5 Å². The number of aliphatic hydroxyl groups is 1. The first-order valence-electron chi connectivity index (χ1n) is 7.88. The van der Waals surface area contributed by atoms with Gasteiger partial charge in [-0.3, -0.25) is 9.48 Å². The number of amides is 1. The summed E-state index contributed by atoms with van der Waals surface area (Å²) >= 11 is 0. The summed E-state index contributed by atoms with van der Waals surface area (Å²) in [5, 5.41) is 15.0. The van der Waals surface area contributed by atoms with Gasteiger partial charge >= 0.3 is 0 Å². The van der Waals surface area contributed by atoms with Gasteiger partial charge in [-0.1, -0.05) is 0 Å². The number of nitrogens with zero attached hydrogens (tertiary/aromatic N) is 6. The number of hydrogen-bond acceptors (Lipinski definition) is 6. The van der Waals surface area contributed by atoms with Gasteiger partial charge in [0, 0.05) is 39.2 Å². The molecule has 0 spiro atoms. The van der Waals surface area contributed by atoms with Crippen molar-refractivity contribution in [2.45, 2.75) is 18.9 Å². The van der Waals surface area contributed by atoms with Crippen LogP contribution in [0, 0.1) is 6.92 Å². The van der Waals surface area contributed by atoms with Crippen LogP contribution in [0.15, 0.2) is 24.7 Å². The molecule has 2 aromatic rings. The minimum Gasteiger partial charge on any atom is -0.386 e. The highest BCUT2D eigenvalue weighted by Gasteiger charge is 2.39.